The van der Waals surface area contributed by atoms with Crippen molar-refractivity contribution in [1.29, 1.82) is 0 Å². The highest BCUT2D eigenvalue weighted by Gasteiger charge is 2.38. The number of hydrogen-bond acceptors (Lipinski definition) is 2. The molecule has 0 amide bonds. The first-order valence-corrected chi connectivity index (χ1v) is 30.7. The molecule has 0 heterocycles. The van der Waals surface area contributed by atoms with Crippen LogP contribution in [0.3, 0.4) is 0 Å². The minimum atomic E-state index is 0.0400. The fourth-order valence-electron chi connectivity index (χ4n) is 12.9. The monoisotopic (exact) mass is 965 g/mol. The number of nitrogens with two attached hydrogens (primary N) is 2. The van der Waals surface area contributed by atoms with E-state index in [9.17, 15) is 0 Å². The summed E-state index contributed by atoms with van der Waals surface area (Å²) in [7, 11) is 0. The van der Waals surface area contributed by atoms with Crippen LogP contribution in [0, 0.1) is 19.8 Å². The molecule has 1 saturated carbocycles. The molecule has 2 atom stereocenters. The van der Waals surface area contributed by atoms with Crippen molar-refractivity contribution in [3.8, 4) is 0 Å². The minimum Gasteiger partial charge on any atom is -0.399 e. The fourth-order valence-corrected chi connectivity index (χ4v) is 12.9. The molecule has 2 unspecified atom stereocenters. The van der Waals surface area contributed by atoms with Crippen molar-refractivity contribution < 1.29 is 0 Å². The van der Waals surface area contributed by atoms with Gasteiger partial charge >= 0.3 is 0 Å². The second kappa shape index (κ2) is 34.1. The normalized spacial score (nSPS) is 16.9. The Morgan fingerprint density at radius 1 is 0.394 bits per heavy atom. The number of benzene rings is 4. The predicted molar refractivity (Wildman–Crippen MR) is 315 cm³/mol. The topological polar surface area (TPSA) is 52.0 Å². The summed E-state index contributed by atoms with van der Waals surface area (Å²) in [6, 6.07) is 33.7. The highest BCUT2D eigenvalue weighted by atomic mass is 14.5. The van der Waals surface area contributed by atoms with E-state index in [0.717, 1.165) is 17.3 Å². The van der Waals surface area contributed by atoms with Crippen molar-refractivity contribution >= 4 is 11.4 Å². The molecule has 2 heteroatoms. The van der Waals surface area contributed by atoms with Gasteiger partial charge in [0.1, 0.15) is 0 Å². The van der Waals surface area contributed by atoms with Crippen molar-refractivity contribution in [2.24, 2.45) is 5.92 Å². The summed E-state index contributed by atoms with van der Waals surface area (Å²) < 4.78 is 0. The van der Waals surface area contributed by atoms with E-state index < -0.39 is 0 Å². The number of anilines is 2. The lowest BCUT2D eigenvalue weighted by Crippen LogP contribution is -2.33. The van der Waals surface area contributed by atoms with Crippen molar-refractivity contribution in [3.05, 3.63) is 129 Å². The average Bonchev–Trinajstić information content (AvgIpc) is 3.38. The number of unbranched alkanes of at least 4 members (excludes halogenated alkanes) is 26. The third-order valence-corrected chi connectivity index (χ3v) is 17.4. The number of rotatable bonds is 38. The van der Waals surface area contributed by atoms with Gasteiger partial charge in [-0.15, -0.1) is 0 Å². The standard InChI is InChI=1S/C69H108N2/c1-6-9-12-15-18-21-24-27-30-33-36-67(65-48-46-63(70)54-56(65)4)59-38-42-61(43-39-59)69(52-50-58(51-53-69)35-32-29-26-23-20-17-14-11-8-3)62-44-40-60(41-45-62)68(66-49-47-64(71)55-57(66)5)37-34-31-28-25-22-19-16-13-10-7-2/h38-49,54-55,58,67-68H,6-37,50-53,70-71H2,1-5H3. The van der Waals surface area contributed by atoms with Gasteiger partial charge in [-0.25, -0.2) is 0 Å². The minimum absolute atomic E-state index is 0.0400. The second-order valence-electron chi connectivity index (χ2n) is 23.2. The maximum Gasteiger partial charge on any atom is 0.0316 e. The summed E-state index contributed by atoms with van der Waals surface area (Å²) in [6.07, 6.45) is 49.1. The van der Waals surface area contributed by atoms with E-state index in [2.05, 4.69) is 120 Å². The molecule has 0 aliphatic heterocycles. The Kier molecular flexibility index (Phi) is 28.0. The van der Waals surface area contributed by atoms with Gasteiger partial charge in [0.25, 0.3) is 0 Å². The first-order chi connectivity index (χ1) is 34.8. The molecule has 0 aromatic heterocycles. The van der Waals surface area contributed by atoms with Crippen LogP contribution in [0.15, 0.2) is 84.9 Å². The Morgan fingerprint density at radius 3 is 1.03 bits per heavy atom. The molecule has 71 heavy (non-hydrogen) atoms. The Bertz CT molecular complexity index is 1840. The molecule has 1 aliphatic carbocycles. The molecule has 1 aliphatic rings. The lowest BCUT2D eigenvalue weighted by molar-refractivity contribution is 0.250. The van der Waals surface area contributed by atoms with Crippen LogP contribution in [0.25, 0.3) is 0 Å². The molecule has 0 saturated heterocycles. The van der Waals surface area contributed by atoms with Crippen LogP contribution >= 0.6 is 0 Å². The average molecular weight is 966 g/mol. The zero-order valence-corrected chi connectivity index (χ0v) is 46.9. The van der Waals surface area contributed by atoms with E-state index in [1.165, 1.54) is 276 Å². The van der Waals surface area contributed by atoms with Gasteiger partial charge in [0.15, 0.2) is 0 Å². The van der Waals surface area contributed by atoms with Gasteiger partial charge in [0.05, 0.1) is 0 Å². The first-order valence-electron chi connectivity index (χ1n) is 30.7. The van der Waals surface area contributed by atoms with Crippen LogP contribution < -0.4 is 11.5 Å². The molecule has 4 aromatic rings. The van der Waals surface area contributed by atoms with Crippen LogP contribution in [-0.4, -0.2) is 0 Å². The summed E-state index contributed by atoms with van der Waals surface area (Å²) >= 11 is 0. The van der Waals surface area contributed by atoms with E-state index in [1.54, 1.807) is 0 Å². The van der Waals surface area contributed by atoms with Gasteiger partial charge in [0.2, 0.25) is 0 Å². The molecule has 394 valence electrons. The molecular formula is C69H108N2. The molecule has 0 spiro atoms. The molecule has 4 N–H and O–H groups in total. The summed E-state index contributed by atoms with van der Waals surface area (Å²) in [6.45, 7) is 11.5. The molecule has 0 radical (unpaired) electrons. The molecular weight excluding hydrogens is 857 g/mol. The van der Waals surface area contributed by atoms with Gasteiger partial charge < -0.3 is 11.5 Å². The quantitative estimate of drug-likeness (QED) is 0.0347. The third kappa shape index (κ3) is 20.0. The molecule has 1 fully saturated rings. The number of aryl methyl sites for hydroxylation is 2. The van der Waals surface area contributed by atoms with E-state index in [0.29, 0.717) is 11.8 Å². The lowest BCUT2D eigenvalue weighted by Gasteiger charge is -2.42. The Hall–Kier alpha value is -3.52. The van der Waals surface area contributed by atoms with Crippen LogP contribution in [0.5, 0.6) is 0 Å². The first kappa shape index (κ1) is 58.4. The maximum atomic E-state index is 6.34. The Morgan fingerprint density at radius 2 is 0.704 bits per heavy atom. The molecule has 0 bridgehead atoms. The SMILES string of the molecule is CCCCCCCCCCCCC(c1ccc(C2(c3ccc(C(CCCCCCCCCCCC)c4ccc(N)cc4C)cc3)CCC(CCCCCCCCCCC)CC2)cc1)c1ccc(N)cc1C. The van der Waals surface area contributed by atoms with Gasteiger partial charge in [0, 0.05) is 28.6 Å². The summed E-state index contributed by atoms with van der Waals surface area (Å²) in [5.74, 6) is 1.64. The number of hydrogen-bond donors (Lipinski definition) is 2. The lowest BCUT2D eigenvalue weighted by atomic mass is 9.62. The zero-order valence-electron chi connectivity index (χ0n) is 46.9. The highest BCUT2D eigenvalue weighted by molar-refractivity contribution is 5.51. The van der Waals surface area contributed by atoms with Gasteiger partial charge in [-0.2, -0.15) is 0 Å². The smallest absolute Gasteiger partial charge is 0.0316 e. The summed E-state index contributed by atoms with van der Waals surface area (Å²) in [5.41, 5.74) is 26.0. The van der Waals surface area contributed by atoms with Crippen molar-refractivity contribution in [2.75, 3.05) is 11.5 Å². The van der Waals surface area contributed by atoms with Crippen LogP contribution in [0.2, 0.25) is 0 Å². The van der Waals surface area contributed by atoms with Crippen molar-refractivity contribution in [2.45, 2.75) is 283 Å². The second-order valence-corrected chi connectivity index (χ2v) is 23.2. The van der Waals surface area contributed by atoms with Crippen LogP contribution in [-0.2, 0) is 5.41 Å². The van der Waals surface area contributed by atoms with E-state index in [1.807, 2.05) is 0 Å². The van der Waals surface area contributed by atoms with Crippen LogP contribution in [0.1, 0.15) is 308 Å². The van der Waals surface area contributed by atoms with Gasteiger partial charge in [-0.1, -0.05) is 274 Å². The van der Waals surface area contributed by atoms with Crippen molar-refractivity contribution in [1.82, 2.24) is 0 Å². The summed E-state index contributed by atoms with van der Waals surface area (Å²) in [4.78, 5) is 0. The van der Waals surface area contributed by atoms with Crippen LogP contribution in [0.4, 0.5) is 11.4 Å². The Labute approximate surface area is 439 Å². The molecule has 5 rings (SSSR count). The third-order valence-electron chi connectivity index (χ3n) is 17.4. The molecule has 4 aromatic carbocycles. The largest absolute Gasteiger partial charge is 0.399 e. The fraction of sp³-hybridized carbons (Fsp3) is 0.652. The maximum absolute atomic E-state index is 6.34. The van der Waals surface area contributed by atoms with E-state index in [-0.39, 0.29) is 5.41 Å². The summed E-state index contributed by atoms with van der Waals surface area (Å²) in [5, 5.41) is 0. The zero-order chi connectivity index (χ0) is 50.4. The Balaban J connectivity index is 1.33. The van der Waals surface area contributed by atoms with E-state index >= 15 is 0 Å². The highest BCUT2D eigenvalue weighted by Crippen LogP contribution is 2.49. The molecule has 2 nitrogen and oxygen atoms in total. The predicted octanol–water partition coefficient (Wildman–Crippen LogP) is 21.8. The van der Waals surface area contributed by atoms with E-state index in [4.69, 9.17) is 11.5 Å². The van der Waals surface area contributed by atoms with Gasteiger partial charge in [-0.3, -0.25) is 0 Å². The van der Waals surface area contributed by atoms with Gasteiger partial charge in [-0.05, 0) is 127 Å². The number of nitrogen functional groups attached to an aromatic ring is 2. The van der Waals surface area contributed by atoms with Crippen molar-refractivity contribution in [3.63, 3.8) is 0 Å².